The Labute approximate surface area is 81.5 Å². The molecular formula is C9H11N3O2. The van der Waals surface area contributed by atoms with Crippen molar-refractivity contribution >= 4 is 5.91 Å². The Balaban J connectivity index is 2.10. The van der Waals surface area contributed by atoms with Crippen LogP contribution < -0.4 is 10.1 Å². The zero-order valence-electron chi connectivity index (χ0n) is 7.86. The molecule has 0 saturated carbocycles. The Kier molecular flexibility index (Phi) is 2.30. The van der Waals surface area contributed by atoms with Gasteiger partial charge in [-0.25, -0.2) is 4.98 Å². The molecule has 1 amide bonds. The minimum Gasteiger partial charge on any atom is -0.463 e. The lowest BCUT2D eigenvalue weighted by Gasteiger charge is -2.10. The molecule has 1 atom stereocenters. The summed E-state index contributed by atoms with van der Waals surface area (Å²) < 4.78 is 5.43. The maximum Gasteiger partial charge on any atom is 0.261 e. The van der Waals surface area contributed by atoms with Gasteiger partial charge in [-0.05, 0) is 6.92 Å². The molecule has 1 unspecified atom stereocenters. The number of nitrogens with zero attached hydrogens (tertiary/aromatic N) is 2. The summed E-state index contributed by atoms with van der Waals surface area (Å²) in [5, 5.41) is 2.70. The van der Waals surface area contributed by atoms with Crippen molar-refractivity contribution in [3.8, 4) is 5.88 Å². The van der Waals surface area contributed by atoms with E-state index >= 15 is 0 Å². The van der Waals surface area contributed by atoms with Crippen LogP contribution in [0, 0.1) is 6.92 Å². The van der Waals surface area contributed by atoms with E-state index in [-0.39, 0.29) is 5.91 Å². The Morgan fingerprint density at radius 1 is 1.50 bits per heavy atom. The van der Waals surface area contributed by atoms with Crippen LogP contribution in [0.25, 0.3) is 0 Å². The SMILES string of the molecule is Cc1nccnc1OC1CCNC1=O. The molecule has 0 radical (unpaired) electrons. The van der Waals surface area contributed by atoms with Gasteiger partial charge in [-0.15, -0.1) is 0 Å². The Morgan fingerprint density at radius 3 is 2.93 bits per heavy atom. The van der Waals surface area contributed by atoms with E-state index in [0.717, 1.165) is 0 Å². The molecule has 2 heterocycles. The second-order valence-corrected chi connectivity index (χ2v) is 3.13. The molecule has 2 rings (SSSR count). The van der Waals surface area contributed by atoms with E-state index in [9.17, 15) is 4.79 Å². The summed E-state index contributed by atoms with van der Waals surface area (Å²) in [6.07, 6.45) is 3.42. The van der Waals surface area contributed by atoms with Crippen molar-refractivity contribution in [3.63, 3.8) is 0 Å². The third-order valence-electron chi connectivity index (χ3n) is 2.09. The maximum absolute atomic E-state index is 11.2. The number of aromatic nitrogens is 2. The molecule has 1 fully saturated rings. The van der Waals surface area contributed by atoms with Crippen molar-refractivity contribution in [2.75, 3.05) is 6.54 Å². The molecule has 1 aliphatic rings. The highest BCUT2D eigenvalue weighted by Crippen LogP contribution is 2.14. The number of carbonyl (C=O) groups is 1. The summed E-state index contributed by atoms with van der Waals surface area (Å²) >= 11 is 0. The Hall–Kier alpha value is -1.65. The fraction of sp³-hybridized carbons (Fsp3) is 0.444. The molecule has 1 N–H and O–H groups in total. The van der Waals surface area contributed by atoms with Crippen LogP contribution in [0.4, 0.5) is 0 Å². The zero-order chi connectivity index (χ0) is 9.97. The first-order valence-electron chi connectivity index (χ1n) is 4.49. The van der Waals surface area contributed by atoms with Gasteiger partial charge in [0.2, 0.25) is 5.88 Å². The van der Waals surface area contributed by atoms with E-state index in [1.54, 1.807) is 19.3 Å². The van der Waals surface area contributed by atoms with Crippen molar-refractivity contribution in [1.82, 2.24) is 15.3 Å². The second kappa shape index (κ2) is 3.61. The summed E-state index contributed by atoms with van der Waals surface area (Å²) in [6, 6.07) is 0. The highest BCUT2D eigenvalue weighted by molar-refractivity contribution is 5.83. The van der Waals surface area contributed by atoms with Gasteiger partial charge in [-0.2, -0.15) is 0 Å². The number of ether oxygens (including phenoxy) is 1. The number of hydrogen-bond acceptors (Lipinski definition) is 4. The van der Waals surface area contributed by atoms with Crippen molar-refractivity contribution in [2.45, 2.75) is 19.4 Å². The van der Waals surface area contributed by atoms with Crippen LogP contribution in [-0.4, -0.2) is 28.5 Å². The van der Waals surface area contributed by atoms with Gasteiger partial charge in [-0.3, -0.25) is 9.78 Å². The number of hydrogen-bond donors (Lipinski definition) is 1. The predicted octanol–water partition coefficient (Wildman–Crippen LogP) is 0.0523. The molecule has 1 aromatic heterocycles. The molecule has 1 saturated heterocycles. The first kappa shape index (κ1) is 8.93. The van der Waals surface area contributed by atoms with Crippen LogP contribution in [0.15, 0.2) is 12.4 Å². The summed E-state index contributed by atoms with van der Waals surface area (Å²) in [7, 11) is 0. The quantitative estimate of drug-likeness (QED) is 0.721. The second-order valence-electron chi connectivity index (χ2n) is 3.13. The number of aryl methyl sites for hydroxylation is 1. The molecule has 5 heteroatoms. The van der Waals surface area contributed by atoms with Crippen molar-refractivity contribution in [3.05, 3.63) is 18.1 Å². The molecule has 5 nitrogen and oxygen atoms in total. The van der Waals surface area contributed by atoms with Gasteiger partial charge in [0, 0.05) is 25.4 Å². The maximum atomic E-state index is 11.2. The summed E-state index contributed by atoms with van der Waals surface area (Å²) in [5.41, 5.74) is 0.701. The number of amides is 1. The zero-order valence-corrected chi connectivity index (χ0v) is 7.86. The fourth-order valence-electron chi connectivity index (χ4n) is 1.33. The highest BCUT2D eigenvalue weighted by Gasteiger charge is 2.26. The van der Waals surface area contributed by atoms with E-state index in [4.69, 9.17) is 4.74 Å². The molecule has 0 spiro atoms. The molecule has 0 aromatic carbocycles. The Morgan fingerprint density at radius 2 is 2.29 bits per heavy atom. The van der Waals surface area contributed by atoms with Crippen LogP contribution in [0.5, 0.6) is 5.88 Å². The normalized spacial score (nSPS) is 20.6. The van der Waals surface area contributed by atoms with Crippen LogP contribution in [0.3, 0.4) is 0 Å². The van der Waals surface area contributed by atoms with Gasteiger partial charge < -0.3 is 10.1 Å². The minimum absolute atomic E-state index is 0.0740. The van der Waals surface area contributed by atoms with E-state index < -0.39 is 6.10 Å². The number of carbonyl (C=O) groups excluding carboxylic acids is 1. The van der Waals surface area contributed by atoms with Gasteiger partial charge in [0.1, 0.15) is 0 Å². The van der Waals surface area contributed by atoms with E-state index in [2.05, 4.69) is 15.3 Å². The van der Waals surface area contributed by atoms with Gasteiger partial charge in [0.15, 0.2) is 6.10 Å². The van der Waals surface area contributed by atoms with Gasteiger partial charge in [0.25, 0.3) is 5.91 Å². The standard InChI is InChI=1S/C9H11N3O2/c1-6-9(12-5-4-10-6)14-7-2-3-11-8(7)13/h4-5,7H,2-3H2,1H3,(H,11,13). The van der Waals surface area contributed by atoms with Crippen LogP contribution >= 0.6 is 0 Å². The summed E-state index contributed by atoms with van der Waals surface area (Å²) in [5.74, 6) is 0.365. The number of rotatable bonds is 2. The number of nitrogens with one attached hydrogen (secondary N) is 1. The summed E-state index contributed by atoms with van der Waals surface area (Å²) in [4.78, 5) is 19.2. The van der Waals surface area contributed by atoms with Crippen molar-refractivity contribution in [2.24, 2.45) is 0 Å². The Bertz CT molecular complexity index is 354. The molecule has 0 bridgehead atoms. The third kappa shape index (κ3) is 1.66. The fourth-order valence-corrected chi connectivity index (χ4v) is 1.33. The van der Waals surface area contributed by atoms with Gasteiger partial charge >= 0.3 is 0 Å². The van der Waals surface area contributed by atoms with E-state index in [1.807, 2.05) is 0 Å². The van der Waals surface area contributed by atoms with Crippen molar-refractivity contribution in [1.29, 1.82) is 0 Å². The topological polar surface area (TPSA) is 64.1 Å². The highest BCUT2D eigenvalue weighted by atomic mass is 16.5. The monoisotopic (exact) mass is 193 g/mol. The van der Waals surface area contributed by atoms with Crippen molar-refractivity contribution < 1.29 is 9.53 Å². The molecule has 74 valence electrons. The first-order chi connectivity index (χ1) is 6.77. The van der Waals surface area contributed by atoms with Crippen LogP contribution in [0.1, 0.15) is 12.1 Å². The minimum atomic E-state index is -0.412. The largest absolute Gasteiger partial charge is 0.463 e. The molecule has 1 aliphatic heterocycles. The lowest BCUT2D eigenvalue weighted by molar-refractivity contribution is -0.125. The molecule has 0 aliphatic carbocycles. The van der Waals surface area contributed by atoms with Gasteiger partial charge in [0.05, 0.1) is 5.69 Å². The molecule has 14 heavy (non-hydrogen) atoms. The van der Waals surface area contributed by atoms with Crippen LogP contribution in [-0.2, 0) is 4.79 Å². The lowest BCUT2D eigenvalue weighted by atomic mass is 10.3. The molecular weight excluding hydrogens is 182 g/mol. The third-order valence-corrected chi connectivity index (χ3v) is 2.09. The van der Waals surface area contributed by atoms with Gasteiger partial charge in [-0.1, -0.05) is 0 Å². The van der Waals surface area contributed by atoms with E-state index in [0.29, 0.717) is 24.5 Å². The summed E-state index contributed by atoms with van der Waals surface area (Å²) in [6.45, 7) is 2.47. The lowest BCUT2D eigenvalue weighted by Crippen LogP contribution is -2.28. The first-order valence-corrected chi connectivity index (χ1v) is 4.49. The average Bonchev–Trinajstić information content (AvgIpc) is 2.56. The average molecular weight is 193 g/mol. The van der Waals surface area contributed by atoms with Crippen LogP contribution in [0.2, 0.25) is 0 Å². The molecule has 1 aromatic rings. The predicted molar refractivity (Wildman–Crippen MR) is 48.8 cm³/mol. The van der Waals surface area contributed by atoms with E-state index in [1.165, 1.54) is 0 Å². The smallest absolute Gasteiger partial charge is 0.261 e.